The predicted molar refractivity (Wildman–Crippen MR) is 115 cm³/mol. The van der Waals surface area contributed by atoms with Gasteiger partial charge in [0, 0.05) is 37.0 Å². The summed E-state index contributed by atoms with van der Waals surface area (Å²) in [6, 6.07) is 18.9. The monoisotopic (exact) mass is 415 g/mol. The summed E-state index contributed by atoms with van der Waals surface area (Å²) in [5, 5.41) is 18.7. The number of amides is 1. The fraction of sp³-hybridized carbons (Fsp3) is 0.167. The molecule has 0 spiro atoms. The smallest absolute Gasteiger partial charge is 0.257 e. The van der Waals surface area contributed by atoms with E-state index in [0.717, 1.165) is 22.2 Å². The lowest BCUT2D eigenvalue weighted by Gasteiger charge is -2.19. The van der Waals surface area contributed by atoms with E-state index >= 15 is 0 Å². The Balaban J connectivity index is 1.43. The number of para-hydroxylation sites is 1. The maximum atomic E-state index is 13.2. The summed E-state index contributed by atoms with van der Waals surface area (Å²) in [4.78, 5) is 14.7. The average molecular weight is 415 g/mol. The second-order valence-corrected chi connectivity index (χ2v) is 7.56. The highest BCUT2D eigenvalue weighted by Gasteiger charge is 2.22. The zero-order chi connectivity index (χ0) is 21.4. The van der Waals surface area contributed by atoms with Crippen LogP contribution >= 0.6 is 0 Å². The highest BCUT2D eigenvalue weighted by molar-refractivity contribution is 6.01. The van der Waals surface area contributed by atoms with Crippen molar-refractivity contribution in [2.24, 2.45) is 0 Å². The van der Waals surface area contributed by atoms with Gasteiger partial charge in [-0.25, -0.2) is 0 Å². The van der Waals surface area contributed by atoms with Gasteiger partial charge in [0.25, 0.3) is 5.91 Å². The minimum absolute atomic E-state index is 0.0860. The van der Waals surface area contributed by atoms with E-state index in [1.165, 1.54) is 0 Å². The van der Waals surface area contributed by atoms with Gasteiger partial charge >= 0.3 is 0 Å². The molecule has 4 aromatic rings. The molecular weight excluding hydrogens is 394 g/mol. The number of nitrogens with zero attached hydrogens (tertiary/aromatic N) is 2. The summed E-state index contributed by atoms with van der Waals surface area (Å²) in [7, 11) is 1.70. The first-order chi connectivity index (χ1) is 15.1. The fourth-order valence-electron chi connectivity index (χ4n) is 3.85. The van der Waals surface area contributed by atoms with Crippen LogP contribution in [0.15, 0.2) is 60.7 Å². The normalized spacial score (nSPS) is 12.3. The molecule has 1 aromatic heterocycles. The van der Waals surface area contributed by atoms with Gasteiger partial charge in [-0.2, -0.15) is 5.10 Å². The van der Waals surface area contributed by atoms with Crippen LogP contribution < -0.4 is 9.47 Å². The van der Waals surface area contributed by atoms with E-state index in [1.54, 1.807) is 24.1 Å². The van der Waals surface area contributed by atoms with Crippen molar-refractivity contribution in [2.75, 3.05) is 13.8 Å². The number of ether oxygens (including phenoxy) is 2. The van der Waals surface area contributed by atoms with Gasteiger partial charge in [-0.05, 0) is 17.7 Å². The van der Waals surface area contributed by atoms with Gasteiger partial charge in [-0.3, -0.25) is 9.89 Å². The topological polar surface area (TPSA) is 87.7 Å². The van der Waals surface area contributed by atoms with Crippen molar-refractivity contribution in [1.29, 1.82) is 0 Å². The van der Waals surface area contributed by atoms with Gasteiger partial charge in [0.05, 0.1) is 16.8 Å². The number of carbonyl (C=O) groups excluding carboxylic acids is 1. The quantitative estimate of drug-likeness (QED) is 0.517. The fourth-order valence-corrected chi connectivity index (χ4v) is 3.85. The van der Waals surface area contributed by atoms with Crippen LogP contribution in [0.2, 0.25) is 0 Å². The summed E-state index contributed by atoms with van der Waals surface area (Å²) in [6.07, 6.45) is 0.628. The Hall–Kier alpha value is -4.00. The number of benzene rings is 3. The number of rotatable bonds is 5. The third kappa shape index (κ3) is 3.54. The van der Waals surface area contributed by atoms with Gasteiger partial charge in [-0.15, -0.1) is 0 Å². The lowest BCUT2D eigenvalue weighted by Crippen LogP contribution is -2.26. The third-order valence-electron chi connectivity index (χ3n) is 5.44. The van der Waals surface area contributed by atoms with E-state index in [2.05, 4.69) is 10.2 Å². The third-order valence-corrected chi connectivity index (χ3v) is 5.44. The lowest BCUT2D eigenvalue weighted by molar-refractivity contribution is 0.0781. The number of nitrogens with one attached hydrogen (secondary N) is 1. The molecule has 1 amide bonds. The largest absolute Gasteiger partial charge is 0.507 e. The van der Waals surface area contributed by atoms with E-state index in [9.17, 15) is 9.90 Å². The second kappa shape index (κ2) is 7.68. The van der Waals surface area contributed by atoms with Gasteiger partial charge in [0.2, 0.25) is 6.79 Å². The second-order valence-electron chi connectivity index (χ2n) is 7.56. The van der Waals surface area contributed by atoms with Crippen LogP contribution in [0.25, 0.3) is 10.9 Å². The van der Waals surface area contributed by atoms with E-state index in [4.69, 9.17) is 9.47 Å². The average Bonchev–Trinajstić information content (AvgIpc) is 3.41. The van der Waals surface area contributed by atoms with Crippen molar-refractivity contribution in [3.05, 3.63) is 83.0 Å². The Bertz CT molecular complexity index is 1270. The minimum atomic E-state index is -0.289. The number of aromatic amines is 1. The van der Waals surface area contributed by atoms with Gasteiger partial charge in [0.1, 0.15) is 5.75 Å². The number of H-pyrrole nitrogens is 1. The van der Waals surface area contributed by atoms with Crippen LogP contribution in [-0.2, 0) is 13.0 Å². The molecular formula is C24H21N3O4. The summed E-state index contributed by atoms with van der Waals surface area (Å²) in [6.45, 7) is 0.497. The molecule has 31 heavy (non-hydrogen) atoms. The Morgan fingerprint density at radius 3 is 2.81 bits per heavy atom. The molecule has 0 aliphatic carbocycles. The van der Waals surface area contributed by atoms with Crippen LogP contribution in [0, 0.1) is 0 Å². The molecule has 7 nitrogen and oxygen atoms in total. The zero-order valence-corrected chi connectivity index (χ0v) is 17.0. The molecule has 7 heteroatoms. The van der Waals surface area contributed by atoms with Crippen molar-refractivity contribution in [2.45, 2.75) is 13.0 Å². The number of fused-ring (bicyclic) bond motifs is 2. The Morgan fingerprint density at radius 1 is 1.13 bits per heavy atom. The summed E-state index contributed by atoms with van der Waals surface area (Å²) in [5.41, 5.74) is 3.71. The maximum absolute atomic E-state index is 13.2. The first-order valence-corrected chi connectivity index (χ1v) is 9.97. The van der Waals surface area contributed by atoms with Gasteiger partial charge < -0.3 is 19.5 Å². The molecule has 0 unspecified atom stereocenters. The summed E-state index contributed by atoms with van der Waals surface area (Å²) < 4.78 is 10.9. The zero-order valence-electron chi connectivity index (χ0n) is 17.0. The lowest BCUT2D eigenvalue weighted by atomic mass is 10.0. The van der Waals surface area contributed by atoms with Gasteiger partial charge in [-0.1, -0.05) is 42.5 Å². The van der Waals surface area contributed by atoms with Gasteiger partial charge in [0.15, 0.2) is 11.5 Å². The molecule has 5 rings (SSSR count). The van der Waals surface area contributed by atoms with Crippen LogP contribution in [0.1, 0.15) is 27.2 Å². The molecule has 0 fully saturated rings. The van der Waals surface area contributed by atoms with Crippen molar-refractivity contribution >= 4 is 16.8 Å². The van der Waals surface area contributed by atoms with E-state index in [0.29, 0.717) is 30.0 Å². The van der Waals surface area contributed by atoms with Crippen LogP contribution in [0.3, 0.4) is 0 Å². The van der Waals surface area contributed by atoms with Crippen LogP contribution in [-0.4, -0.2) is 40.0 Å². The number of carbonyl (C=O) groups is 1. The maximum Gasteiger partial charge on any atom is 0.257 e. The van der Waals surface area contributed by atoms with E-state index in [-0.39, 0.29) is 24.0 Å². The van der Waals surface area contributed by atoms with Crippen LogP contribution in [0.4, 0.5) is 0 Å². The molecule has 0 bridgehead atoms. The number of phenols is 1. The van der Waals surface area contributed by atoms with Crippen molar-refractivity contribution in [3.63, 3.8) is 0 Å². The van der Waals surface area contributed by atoms with Crippen molar-refractivity contribution < 1.29 is 19.4 Å². The summed E-state index contributed by atoms with van der Waals surface area (Å²) >= 11 is 0. The SMILES string of the molecule is CN(Cc1cccc2c1OCO2)C(=O)c1cc2c(Cc3ccccc3)n[nH]c2cc1O. The molecule has 2 N–H and O–H groups in total. The van der Waals surface area contributed by atoms with Crippen molar-refractivity contribution in [3.8, 4) is 17.2 Å². The summed E-state index contributed by atoms with van der Waals surface area (Å²) in [5.74, 6) is 0.952. The molecule has 2 heterocycles. The standard InChI is InChI=1S/C24H21N3O4/c1-27(13-16-8-5-9-22-23(16)31-14-30-22)24(29)18-11-17-19(10-15-6-3-2-4-7-15)25-26-20(17)12-21(18)28/h2-9,11-12,28H,10,13-14H2,1H3,(H,25,26). The molecule has 156 valence electrons. The first kappa shape index (κ1) is 19.0. The van der Waals surface area contributed by atoms with Crippen LogP contribution in [0.5, 0.6) is 17.2 Å². The van der Waals surface area contributed by atoms with Crippen molar-refractivity contribution in [1.82, 2.24) is 15.1 Å². The number of hydrogen-bond acceptors (Lipinski definition) is 5. The molecule has 3 aromatic carbocycles. The van der Waals surface area contributed by atoms with E-state index in [1.807, 2.05) is 48.5 Å². The Kier molecular flexibility index (Phi) is 4.71. The molecule has 0 radical (unpaired) electrons. The number of hydrogen-bond donors (Lipinski definition) is 2. The molecule has 1 aliphatic rings. The van der Waals surface area contributed by atoms with E-state index < -0.39 is 0 Å². The highest BCUT2D eigenvalue weighted by Crippen LogP contribution is 2.36. The Labute approximate surface area is 178 Å². The highest BCUT2D eigenvalue weighted by atomic mass is 16.7. The minimum Gasteiger partial charge on any atom is -0.507 e. The first-order valence-electron chi connectivity index (χ1n) is 9.97. The number of phenolic OH excluding ortho intramolecular Hbond substituents is 1. The number of aromatic nitrogens is 2. The molecule has 0 atom stereocenters. The predicted octanol–water partition coefficient (Wildman–Crippen LogP) is 3.86. The Morgan fingerprint density at radius 2 is 1.97 bits per heavy atom. The molecule has 1 aliphatic heterocycles. The number of aromatic hydroxyl groups is 1. The molecule has 0 saturated heterocycles. The molecule has 0 saturated carbocycles.